The van der Waals surface area contributed by atoms with Crippen molar-refractivity contribution < 1.29 is 19.1 Å². The van der Waals surface area contributed by atoms with E-state index in [0.717, 1.165) is 10.4 Å². The molecule has 2 heterocycles. The van der Waals surface area contributed by atoms with Crippen molar-refractivity contribution in [3.63, 3.8) is 0 Å². The average molecular weight is 420 g/mol. The van der Waals surface area contributed by atoms with Crippen LogP contribution in [0.1, 0.15) is 10.4 Å². The minimum absolute atomic E-state index is 0.222. The summed E-state index contributed by atoms with van der Waals surface area (Å²) in [4.78, 5) is 28.6. The molecule has 2 aromatic carbocycles. The van der Waals surface area contributed by atoms with Crippen molar-refractivity contribution in [1.82, 2.24) is 0 Å². The Morgan fingerprint density at radius 3 is 2.23 bits per heavy atom. The zero-order valence-corrected chi connectivity index (χ0v) is 17.6. The van der Waals surface area contributed by atoms with Crippen LogP contribution in [0.3, 0.4) is 0 Å². The third-order valence-corrected chi connectivity index (χ3v) is 5.62. The molecule has 0 aliphatic carbocycles. The summed E-state index contributed by atoms with van der Waals surface area (Å²) in [6, 6.07) is 16.2. The quantitative estimate of drug-likeness (QED) is 0.596. The van der Waals surface area contributed by atoms with Gasteiger partial charge in [-0.25, -0.2) is 4.90 Å². The van der Waals surface area contributed by atoms with Gasteiger partial charge in [-0.1, -0.05) is 18.2 Å². The Morgan fingerprint density at radius 1 is 0.900 bits per heavy atom. The first-order valence-corrected chi connectivity index (χ1v) is 10.1. The maximum atomic E-state index is 13.4. The van der Waals surface area contributed by atoms with Crippen LogP contribution in [0.4, 0.5) is 11.4 Å². The van der Waals surface area contributed by atoms with Gasteiger partial charge in [-0.2, -0.15) is 0 Å². The Bertz CT molecular complexity index is 1130. The van der Waals surface area contributed by atoms with E-state index in [1.54, 1.807) is 38.5 Å². The van der Waals surface area contributed by atoms with Gasteiger partial charge >= 0.3 is 0 Å². The monoisotopic (exact) mass is 420 g/mol. The Labute approximate surface area is 178 Å². The van der Waals surface area contributed by atoms with Crippen LogP contribution < -0.4 is 19.7 Å². The molecule has 0 spiro atoms. The molecule has 0 saturated heterocycles. The van der Waals surface area contributed by atoms with E-state index in [-0.39, 0.29) is 11.6 Å². The van der Waals surface area contributed by atoms with Crippen LogP contribution in [0, 0.1) is 6.92 Å². The molecule has 0 unspecified atom stereocenters. The summed E-state index contributed by atoms with van der Waals surface area (Å²) in [6.45, 7) is 1.92. The molecule has 0 saturated carbocycles. The van der Waals surface area contributed by atoms with Crippen LogP contribution in [0.5, 0.6) is 11.5 Å². The van der Waals surface area contributed by atoms with Gasteiger partial charge in [-0.05, 0) is 36.1 Å². The average Bonchev–Trinajstić information content (AvgIpc) is 3.34. The number of hydrogen-bond donors (Lipinski definition) is 1. The Balaban J connectivity index is 1.80. The summed E-state index contributed by atoms with van der Waals surface area (Å²) in [6.07, 6.45) is 0. The van der Waals surface area contributed by atoms with E-state index in [1.807, 2.05) is 42.6 Å². The van der Waals surface area contributed by atoms with Gasteiger partial charge in [0, 0.05) is 28.8 Å². The highest BCUT2D eigenvalue weighted by Gasteiger charge is 2.40. The smallest absolute Gasteiger partial charge is 0.282 e. The fraction of sp³-hybridized carbons (Fsp3) is 0.130. The molecule has 0 atom stereocenters. The van der Waals surface area contributed by atoms with Crippen LogP contribution in [0.2, 0.25) is 0 Å². The number of imide groups is 1. The van der Waals surface area contributed by atoms with E-state index in [4.69, 9.17) is 9.47 Å². The number of hydrogen-bond acceptors (Lipinski definition) is 6. The lowest BCUT2D eigenvalue weighted by molar-refractivity contribution is -0.120. The Kier molecular flexibility index (Phi) is 5.29. The highest BCUT2D eigenvalue weighted by molar-refractivity contribution is 7.11. The molecule has 2 amide bonds. The van der Waals surface area contributed by atoms with E-state index in [1.165, 1.54) is 16.2 Å². The molecule has 1 aliphatic heterocycles. The topological polar surface area (TPSA) is 67.9 Å². The van der Waals surface area contributed by atoms with Crippen molar-refractivity contribution in [3.05, 3.63) is 76.1 Å². The van der Waals surface area contributed by atoms with Gasteiger partial charge in [0.05, 0.1) is 25.5 Å². The molecule has 0 bridgehead atoms. The first-order chi connectivity index (χ1) is 14.5. The van der Waals surface area contributed by atoms with Crippen LogP contribution in [-0.4, -0.2) is 26.0 Å². The maximum absolute atomic E-state index is 13.4. The van der Waals surface area contributed by atoms with Crippen LogP contribution in [0.25, 0.3) is 5.57 Å². The number of thiophene rings is 1. The summed E-state index contributed by atoms with van der Waals surface area (Å²) >= 11 is 1.41. The number of carbonyl (C=O) groups is 2. The number of carbonyl (C=O) groups excluding carboxylic acids is 2. The van der Waals surface area contributed by atoms with Gasteiger partial charge in [-0.3, -0.25) is 9.59 Å². The van der Waals surface area contributed by atoms with Gasteiger partial charge < -0.3 is 14.8 Å². The third-order valence-electron chi connectivity index (χ3n) is 4.73. The number of rotatable bonds is 6. The SMILES string of the molecule is COc1cc(NC2=C(c3cccs3)C(=O)N(c3cccc(C)c3)C2=O)cc(OC)c1. The first-order valence-electron chi connectivity index (χ1n) is 9.25. The van der Waals surface area contributed by atoms with E-state index >= 15 is 0 Å². The molecule has 1 aliphatic rings. The minimum Gasteiger partial charge on any atom is -0.497 e. The zero-order valence-electron chi connectivity index (χ0n) is 16.8. The third kappa shape index (κ3) is 3.55. The predicted octanol–water partition coefficient (Wildman–Crippen LogP) is 4.47. The number of benzene rings is 2. The van der Waals surface area contributed by atoms with Crippen molar-refractivity contribution in [2.24, 2.45) is 0 Å². The fourth-order valence-corrected chi connectivity index (χ4v) is 4.09. The molecule has 6 nitrogen and oxygen atoms in total. The lowest BCUT2D eigenvalue weighted by Crippen LogP contribution is -2.32. The highest BCUT2D eigenvalue weighted by Crippen LogP contribution is 2.36. The van der Waals surface area contributed by atoms with Crippen LogP contribution in [-0.2, 0) is 9.59 Å². The second-order valence-corrected chi connectivity index (χ2v) is 7.69. The predicted molar refractivity (Wildman–Crippen MR) is 118 cm³/mol. The number of nitrogens with one attached hydrogen (secondary N) is 1. The van der Waals surface area contributed by atoms with E-state index < -0.39 is 5.91 Å². The summed E-state index contributed by atoms with van der Waals surface area (Å²) in [5.41, 5.74) is 2.66. The van der Waals surface area contributed by atoms with Gasteiger partial charge in [0.2, 0.25) is 0 Å². The van der Waals surface area contributed by atoms with E-state index in [2.05, 4.69) is 5.32 Å². The minimum atomic E-state index is -0.407. The highest BCUT2D eigenvalue weighted by atomic mass is 32.1. The molecule has 1 N–H and O–H groups in total. The standard InChI is InChI=1S/C23H20N2O4S/c1-14-6-4-7-16(10-14)25-22(26)20(19-8-5-9-30-19)21(23(25)27)24-15-11-17(28-2)13-18(12-15)29-3/h4-13,24H,1-3H3. The molecule has 3 aromatic rings. The molecule has 0 radical (unpaired) electrons. The second-order valence-electron chi connectivity index (χ2n) is 6.74. The number of aryl methyl sites for hydroxylation is 1. The van der Waals surface area contributed by atoms with Gasteiger partial charge in [0.25, 0.3) is 11.8 Å². The number of amides is 2. The molecule has 30 heavy (non-hydrogen) atoms. The van der Waals surface area contributed by atoms with Crippen molar-refractivity contribution in [1.29, 1.82) is 0 Å². The molecule has 7 heteroatoms. The van der Waals surface area contributed by atoms with Crippen molar-refractivity contribution >= 4 is 40.1 Å². The number of methoxy groups -OCH3 is 2. The van der Waals surface area contributed by atoms with Gasteiger partial charge in [-0.15, -0.1) is 11.3 Å². The van der Waals surface area contributed by atoms with E-state index in [0.29, 0.717) is 28.4 Å². The van der Waals surface area contributed by atoms with E-state index in [9.17, 15) is 9.59 Å². The fourth-order valence-electron chi connectivity index (χ4n) is 3.32. The molecular weight excluding hydrogens is 400 g/mol. The Morgan fingerprint density at radius 2 is 1.63 bits per heavy atom. The second kappa shape index (κ2) is 8.04. The molecule has 1 aromatic heterocycles. The maximum Gasteiger partial charge on any atom is 0.282 e. The summed E-state index contributed by atoms with van der Waals surface area (Å²) in [5, 5.41) is 5.01. The lowest BCUT2D eigenvalue weighted by atomic mass is 10.1. The first kappa shape index (κ1) is 19.7. The Hall–Kier alpha value is -3.58. The van der Waals surface area contributed by atoms with Crippen molar-refractivity contribution in [2.45, 2.75) is 6.92 Å². The van der Waals surface area contributed by atoms with Crippen molar-refractivity contribution in [3.8, 4) is 11.5 Å². The molecule has 0 fully saturated rings. The number of anilines is 2. The van der Waals surface area contributed by atoms with Crippen LogP contribution >= 0.6 is 11.3 Å². The normalized spacial score (nSPS) is 13.8. The molecule has 152 valence electrons. The summed E-state index contributed by atoms with van der Waals surface area (Å²) in [5.74, 6) is 0.381. The van der Waals surface area contributed by atoms with Crippen molar-refractivity contribution in [2.75, 3.05) is 24.4 Å². The largest absolute Gasteiger partial charge is 0.497 e. The summed E-state index contributed by atoms with van der Waals surface area (Å²) < 4.78 is 10.6. The van der Waals surface area contributed by atoms with Gasteiger partial charge in [0.15, 0.2) is 0 Å². The lowest BCUT2D eigenvalue weighted by Gasteiger charge is -2.16. The molecule has 4 rings (SSSR count). The summed E-state index contributed by atoms with van der Waals surface area (Å²) in [7, 11) is 3.11. The number of ether oxygens (including phenoxy) is 2. The zero-order chi connectivity index (χ0) is 21.3. The van der Waals surface area contributed by atoms with Gasteiger partial charge in [0.1, 0.15) is 17.2 Å². The molecular formula is C23H20N2O4S. The van der Waals surface area contributed by atoms with Crippen LogP contribution in [0.15, 0.2) is 65.7 Å². The number of nitrogens with zero attached hydrogens (tertiary/aromatic N) is 1.